The first kappa shape index (κ1) is 19.1. The highest BCUT2D eigenvalue weighted by molar-refractivity contribution is 5.87. The molecule has 138 valence electrons. The molecule has 1 fully saturated rings. The molecule has 0 bridgehead atoms. The fraction of sp³-hybridized carbons (Fsp3) is 0.556. The molecule has 25 heavy (non-hydrogen) atoms. The number of rotatable bonds is 7. The number of amides is 2. The number of anilines is 1. The number of hydrogen-bond acceptors (Lipinski definition) is 4. The zero-order chi connectivity index (χ0) is 18.2. The van der Waals surface area contributed by atoms with Crippen molar-refractivity contribution in [2.75, 3.05) is 44.2 Å². The number of piperazine rings is 1. The van der Waals surface area contributed by atoms with Crippen LogP contribution in [-0.2, 0) is 9.59 Å². The Morgan fingerprint density at radius 2 is 1.96 bits per heavy atom. The summed E-state index contributed by atoms with van der Waals surface area (Å²) in [6.45, 7) is 7.88. The molecule has 7 nitrogen and oxygen atoms in total. The Hall–Kier alpha value is -2.28. The van der Waals surface area contributed by atoms with Gasteiger partial charge in [0.15, 0.2) is 6.54 Å². The van der Waals surface area contributed by atoms with Crippen molar-refractivity contribution in [1.29, 1.82) is 0 Å². The van der Waals surface area contributed by atoms with Gasteiger partial charge >= 0.3 is 0 Å². The van der Waals surface area contributed by atoms with Crippen molar-refractivity contribution in [2.45, 2.75) is 26.3 Å². The van der Waals surface area contributed by atoms with Crippen molar-refractivity contribution >= 4 is 17.5 Å². The molecule has 1 aromatic carbocycles. The van der Waals surface area contributed by atoms with Crippen molar-refractivity contribution < 1.29 is 19.6 Å². The fourth-order valence-corrected chi connectivity index (χ4v) is 2.96. The van der Waals surface area contributed by atoms with Gasteiger partial charge in [-0.3, -0.25) is 9.59 Å². The summed E-state index contributed by atoms with van der Waals surface area (Å²) in [5.74, 6) is 0.0374. The molecule has 0 spiro atoms. The Bertz CT molecular complexity index is 585. The Morgan fingerprint density at radius 1 is 1.28 bits per heavy atom. The number of aromatic hydroxyl groups is 1. The van der Waals surface area contributed by atoms with Gasteiger partial charge in [0.1, 0.15) is 11.8 Å². The lowest BCUT2D eigenvalue weighted by Gasteiger charge is -2.33. The van der Waals surface area contributed by atoms with Gasteiger partial charge < -0.3 is 25.5 Å². The summed E-state index contributed by atoms with van der Waals surface area (Å²) in [6.07, 6.45) is 0.873. The van der Waals surface area contributed by atoms with Crippen LogP contribution in [-0.4, -0.2) is 62.2 Å². The van der Waals surface area contributed by atoms with Crippen LogP contribution < -0.4 is 20.4 Å². The number of benzene rings is 1. The van der Waals surface area contributed by atoms with E-state index in [1.165, 1.54) is 4.90 Å². The van der Waals surface area contributed by atoms with Crippen LogP contribution in [0.2, 0.25) is 0 Å². The summed E-state index contributed by atoms with van der Waals surface area (Å²) in [5, 5.41) is 15.5. The number of nitrogens with one attached hydrogen (secondary N) is 3. The maximum absolute atomic E-state index is 12.1. The predicted molar refractivity (Wildman–Crippen MR) is 96.8 cm³/mol. The first-order chi connectivity index (χ1) is 12.0. The van der Waals surface area contributed by atoms with Gasteiger partial charge in [0.25, 0.3) is 5.91 Å². The second-order valence-electron chi connectivity index (χ2n) is 6.48. The predicted octanol–water partition coefficient (Wildman–Crippen LogP) is -0.872. The van der Waals surface area contributed by atoms with Gasteiger partial charge in [-0.25, -0.2) is 0 Å². The molecule has 1 aliphatic heterocycles. The molecule has 4 N–H and O–H groups in total. The van der Waals surface area contributed by atoms with Crippen LogP contribution in [0.3, 0.4) is 0 Å². The number of carbonyl (C=O) groups excluding carboxylic acids is 2. The van der Waals surface area contributed by atoms with Crippen molar-refractivity contribution in [3.63, 3.8) is 0 Å². The molecular formula is C18H29N4O3+. The normalized spacial score (nSPS) is 16.3. The van der Waals surface area contributed by atoms with Crippen molar-refractivity contribution in [3.05, 3.63) is 24.3 Å². The number of quaternary nitrogens is 1. The maximum atomic E-state index is 12.1. The number of carbonyl (C=O) groups is 2. The standard InChI is InChI=1S/C18H28N4O3/c1-3-8-19-18(25)14(2)20-17(24)13-21-9-11-22(12-10-21)15-6-4-5-7-16(15)23/h4-7,14,23H,3,8-13H2,1-2H3,(H,19,25)(H,20,24)/p+1/t14-/m0/s1. The first-order valence-corrected chi connectivity index (χ1v) is 8.94. The van der Waals surface area contributed by atoms with Crippen LogP contribution in [0.25, 0.3) is 0 Å². The molecule has 0 radical (unpaired) electrons. The molecule has 0 unspecified atom stereocenters. The van der Waals surface area contributed by atoms with E-state index >= 15 is 0 Å². The average Bonchev–Trinajstić information content (AvgIpc) is 2.60. The topological polar surface area (TPSA) is 86.1 Å². The van der Waals surface area contributed by atoms with E-state index in [9.17, 15) is 14.7 Å². The molecule has 1 aromatic rings. The molecule has 0 saturated carbocycles. The third-order valence-corrected chi connectivity index (χ3v) is 4.42. The zero-order valence-corrected chi connectivity index (χ0v) is 15.0. The summed E-state index contributed by atoms with van der Waals surface area (Å²) in [7, 11) is 0. The van der Waals surface area contributed by atoms with Crippen LogP contribution >= 0.6 is 0 Å². The van der Waals surface area contributed by atoms with Gasteiger partial charge in [0.2, 0.25) is 5.91 Å². The number of hydrogen-bond donors (Lipinski definition) is 4. The highest BCUT2D eigenvalue weighted by Crippen LogP contribution is 2.25. The zero-order valence-electron chi connectivity index (χ0n) is 15.0. The lowest BCUT2D eigenvalue weighted by Crippen LogP contribution is -3.16. The smallest absolute Gasteiger partial charge is 0.275 e. The molecule has 1 heterocycles. The fourth-order valence-electron chi connectivity index (χ4n) is 2.96. The van der Waals surface area contributed by atoms with Gasteiger partial charge in [0, 0.05) is 6.54 Å². The van der Waals surface area contributed by atoms with Crippen LogP contribution in [0.15, 0.2) is 24.3 Å². The van der Waals surface area contributed by atoms with Crippen LogP contribution in [0.4, 0.5) is 5.69 Å². The molecule has 1 atom stereocenters. The number of phenolic OH excluding ortho intramolecular Hbond substituents is 1. The Morgan fingerprint density at radius 3 is 2.60 bits per heavy atom. The van der Waals surface area contributed by atoms with E-state index in [0.717, 1.165) is 38.3 Å². The van der Waals surface area contributed by atoms with Crippen molar-refractivity contribution in [2.24, 2.45) is 0 Å². The highest BCUT2D eigenvalue weighted by Gasteiger charge is 2.24. The maximum Gasteiger partial charge on any atom is 0.275 e. The molecular weight excluding hydrogens is 320 g/mol. The summed E-state index contributed by atoms with van der Waals surface area (Å²) in [5.41, 5.74) is 0.840. The van der Waals surface area contributed by atoms with Gasteiger partial charge in [-0.15, -0.1) is 0 Å². The molecule has 0 aromatic heterocycles. The van der Waals surface area contributed by atoms with Crippen LogP contribution in [0, 0.1) is 0 Å². The highest BCUT2D eigenvalue weighted by atomic mass is 16.3. The van der Waals surface area contributed by atoms with Crippen molar-refractivity contribution in [1.82, 2.24) is 10.6 Å². The molecule has 7 heteroatoms. The second kappa shape index (κ2) is 9.27. The van der Waals surface area contributed by atoms with E-state index in [-0.39, 0.29) is 17.6 Å². The van der Waals surface area contributed by atoms with E-state index in [1.807, 2.05) is 25.1 Å². The van der Waals surface area contributed by atoms with Crippen LogP contribution in [0.5, 0.6) is 5.75 Å². The lowest BCUT2D eigenvalue weighted by molar-refractivity contribution is -0.892. The minimum absolute atomic E-state index is 0.106. The SMILES string of the molecule is CCCNC(=O)[C@H](C)NC(=O)C[NH+]1CCN(c2ccccc2O)CC1. The minimum atomic E-state index is -0.513. The lowest BCUT2D eigenvalue weighted by atomic mass is 10.2. The summed E-state index contributed by atoms with van der Waals surface area (Å²) in [4.78, 5) is 27.3. The molecule has 0 aliphatic carbocycles. The molecule has 2 amide bonds. The van der Waals surface area contributed by atoms with Crippen LogP contribution in [0.1, 0.15) is 20.3 Å². The summed E-state index contributed by atoms with van der Waals surface area (Å²) in [6, 6.07) is 6.80. The molecule has 2 rings (SSSR count). The van der Waals surface area contributed by atoms with E-state index < -0.39 is 6.04 Å². The third-order valence-electron chi connectivity index (χ3n) is 4.42. The average molecular weight is 349 g/mol. The number of para-hydroxylation sites is 2. The van der Waals surface area contributed by atoms with E-state index in [0.29, 0.717) is 13.1 Å². The van der Waals surface area contributed by atoms with E-state index in [1.54, 1.807) is 13.0 Å². The summed E-state index contributed by atoms with van der Waals surface area (Å²) >= 11 is 0. The quantitative estimate of drug-likeness (QED) is 0.515. The van der Waals surface area contributed by atoms with Gasteiger partial charge in [-0.05, 0) is 25.5 Å². The summed E-state index contributed by atoms with van der Waals surface area (Å²) < 4.78 is 0. The first-order valence-electron chi connectivity index (χ1n) is 8.94. The monoisotopic (exact) mass is 349 g/mol. The van der Waals surface area contributed by atoms with Gasteiger partial charge in [-0.2, -0.15) is 0 Å². The van der Waals surface area contributed by atoms with Gasteiger partial charge in [0.05, 0.1) is 31.9 Å². The van der Waals surface area contributed by atoms with Gasteiger partial charge in [-0.1, -0.05) is 19.1 Å². The molecule has 1 aliphatic rings. The second-order valence-corrected chi connectivity index (χ2v) is 6.48. The number of phenols is 1. The minimum Gasteiger partial charge on any atom is -0.506 e. The Balaban J connectivity index is 1.75. The third kappa shape index (κ3) is 5.63. The molecule has 1 saturated heterocycles. The van der Waals surface area contributed by atoms with Crippen molar-refractivity contribution in [3.8, 4) is 5.75 Å². The Labute approximate surface area is 149 Å². The Kier molecular flexibility index (Phi) is 7.06. The van der Waals surface area contributed by atoms with E-state index in [2.05, 4.69) is 15.5 Å². The largest absolute Gasteiger partial charge is 0.506 e. The number of nitrogens with zero attached hydrogens (tertiary/aromatic N) is 1. The van der Waals surface area contributed by atoms with E-state index in [4.69, 9.17) is 0 Å².